The van der Waals surface area contributed by atoms with Crippen molar-refractivity contribution in [3.05, 3.63) is 65.1 Å². The van der Waals surface area contributed by atoms with Crippen molar-refractivity contribution in [3.63, 3.8) is 0 Å². The van der Waals surface area contributed by atoms with Crippen LogP contribution in [0.5, 0.6) is 0 Å². The standard InChI is InChI=1S/C17H19BrN4O2/c1-3-13(21-16(23)14-7-6-12(18)9-20-14)5-4-8-17(2)11-24-10-15(19)22-17/h3-9H,1,10-11H2,2H3,(H2,19,22)(H,21,23)/b8-4-,13-5+. The molecule has 0 bridgehead atoms. The molecule has 1 aromatic heterocycles. The average molecular weight is 391 g/mol. The third-order valence-corrected chi connectivity index (χ3v) is 3.68. The van der Waals surface area contributed by atoms with Gasteiger partial charge in [0.05, 0.1) is 6.61 Å². The molecule has 1 aromatic rings. The Balaban J connectivity index is 2.05. The van der Waals surface area contributed by atoms with Gasteiger partial charge in [0.2, 0.25) is 0 Å². The molecule has 0 saturated carbocycles. The molecule has 0 spiro atoms. The lowest BCUT2D eigenvalue weighted by molar-refractivity contribution is 0.0962. The zero-order chi connectivity index (χ0) is 17.6. The van der Waals surface area contributed by atoms with Crippen molar-refractivity contribution in [2.24, 2.45) is 10.7 Å². The van der Waals surface area contributed by atoms with Gasteiger partial charge in [0.25, 0.3) is 5.91 Å². The predicted octanol–water partition coefficient (Wildman–Crippen LogP) is 2.35. The van der Waals surface area contributed by atoms with Crippen LogP contribution in [0.2, 0.25) is 0 Å². The molecular formula is C17H19BrN4O2. The SMILES string of the molecule is C=C/C(=C\C=C/C1(C)COCC(N)=N1)NC(=O)c1ccc(Br)cn1. The van der Waals surface area contributed by atoms with Crippen LogP contribution < -0.4 is 11.1 Å². The van der Waals surface area contributed by atoms with E-state index < -0.39 is 5.54 Å². The number of aliphatic imine (C=N–C) groups is 1. The number of hydrogen-bond donors (Lipinski definition) is 2. The molecule has 126 valence electrons. The number of rotatable bonds is 5. The van der Waals surface area contributed by atoms with Crippen molar-refractivity contribution in [1.29, 1.82) is 0 Å². The number of amides is 1. The number of ether oxygens (including phenoxy) is 1. The van der Waals surface area contributed by atoms with Gasteiger partial charge in [-0.15, -0.1) is 0 Å². The molecule has 2 rings (SSSR count). The Morgan fingerprint density at radius 3 is 2.96 bits per heavy atom. The monoisotopic (exact) mass is 390 g/mol. The molecule has 2 heterocycles. The summed E-state index contributed by atoms with van der Waals surface area (Å²) < 4.78 is 6.19. The van der Waals surface area contributed by atoms with Gasteiger partial charge in [-0.1, -0.05) is 18.7 Å². The lowest BCUT2D eigenvalue weighted by Crippen LogP contribution is -2.37. The summed E-state index contributed by atoms with van der Waals surface area (Å²) in [4.78, 5) is 20.6. The zero-order valence-corrected chi connectivity index (χ0v) is 14.9. The summed E-state index contributed by atoms with van der Waals surface area (Å²) >= 11 is 3.28. The highest BCUT2D eigenvalue weighted by Crippen LogP contribution is 2.16. The molecule has 3 N–H and O–H groups in total. The number of pyridine rings is 1. The summed E-state index contributed by atoms with van der Waals surface area (Å²) in [6.45, 7) is 6.43. The van der Waals surface area contributed by atoms with Crippen LogP contribution in [-0.4, -0.2) is 35.5 Å². The van der Waals surface area contributed by atoms with Crippen molar-refractivity contribution in [2.45, 2.75) is 12.5 Å². The van der Waals surface area contributed by atoms with E-state index in [-0.39, 0.29) is 5.91 Å². The van der Waals surface area contributed by atoms with Crippen LogP contribution in [0.1, 0.15) is 17.4 Å². The first kappa shape index (κ1) is 18.1. The van der Waals surface area contributed by atoms with Crippen molar-refractivity contribution in [1.82, 2.24) is 10.3 Å². The molecule has 6 nitrogen and oxygen atoms in total. The molecule has 7 heteroatoms. The summed E-state index contributed by atoms with van der Waals surface area (Å²) in [6, 6.07) is 3.39. The summed E-state index contributed by atoms with van der Waals surface area (Å²) in [7, 11) is 0. The van der Waals surface area contributed by atoms with E-state index in [0.29, 0.717) is 30.4 Å². The molecular weight excluding hydrogens is 372 g/mol. The Bertz CT molecular complexity index is 710. The van der Waals surface area contributed by atoms with Crippen LogP contribution in [0.4, 0.5) is 0 Å². The van der Waals surface area contributed by atoms with Crippen molar-refractivity contribution >= 4 is 27.7 Å². The first-order chi connectivity index (χ1) is 11.4. The Morgan fingerprint density at radius 2 is 2.33 bits per heavy atom. The van der Waals surface area contributed by atoms with Gasteiger partial charge in [0.15, 0.2) is 0 Å². The van der Waals surface area contributed by atoms with E-state index in [1.165, 1.54) is 0 Å². The Hall–Kier alpha value is -2.25. The number of nitrogens with zero attached hydrogens (tertiary/aromatic N) is 2. The molecule has 0 aliphatic carbocycles. The zero-order valence-electron chi connectivity index (χ0n) is 13.3. The predicted molar refractivity (Wildman–Crippen MR) is 97.7 cm³/mol. The smallest absolute Gasteiger partial charge is 0.274 e. The number of allylic oxidation sites excluding steroid dienone is 3. The number of carbonyl (C=O) groups is 1. The number of hydrogen-bond acceptors (Lipinski definition) is 5. The second-order valence-corrected chi connectivity index (χ2v) is 6.37. The van der Waals surface area contributed by atoms with Gasteiger partial charge in [0, 0.05) is 16.4 Å². The maximum Gasteiger partial charge on any atom is 0.274 e. The Labute approximate surface area is 149 Å². The summed E-state index contributed by atoms with van der Waals surface area (Å²) in [5.74, 6) is 0.160. The van der Waals surface area contributed by atoms with Crippen LogP contribution in [0.3, 0.4) is 0 Å². The van der Waals surface area contributed by atoms with E-state index in [4.69, 9.17) is 10.5 Å². The van der Waals surface area contributed by atoms with Crippen LogP contribution in [0.15, 0.2) is 64.4 Å². The maximum absolute atomic E-state index is 12.1. The van der Waals surface area contributed by atoms with Crippen LogP contribution in [0.25, 0.3) is 0 Å². The lowest BCUT2D eigenvalue weighted by atomic mass is 10.0. The van der Waals surface area contributed by atoms with Gasteiger partial charge in [-0.05, 0) is 47.1 Å². The molecule has 0 fully saturated rings. The van der Waals surface area contributed by atoms with E-state index in [0.717, 1.165) is 4.47 Å². The number of halogens is 1. The largest absolute Gasteiger partial charge is 0.386 e. The van der Waals surface area contributed by atoms with Gasteiger partial charge in [-0.25, -0.2) is 4.98 Å². The average Bonchev–Trinajstić information content (AvgIpc) is 2.54. The number of amidine groups is 1. The summed E-state index contributed by atoms with van der Waals surface area (Å²) in [5.41, 5.74) is 6.06. The fourth-order valence-electron chi connectivity index (χ4n) is 2.07. The molecule has 0 saturated heterocycles. The fraction of sp³-hybridized carbons (Fsp3) is 0.235. The minimum atomic E-state index is -0.512. The molecule has 24 heavy (non-hydrogen) atoms. The van der Waals surface area contributed by atoms with Gasteiger partial charge < -0.3 is 15.8 Å². The molecule has 0 radical (unpaired) electrons. The van der Waals surface area contributed by atoms with Gasteiger partial charge in [-0.2, -0.15) is 0 Å². The number of carbonyl (C=O) groups excluding carboxylic acids is 1. The van der Waals surface area contributed by atoms with E-state index in [1.807, 2.05) is 13.0 Å². The highest BCUT2D eigenvalue weighted by molar-refractivity contribution is 9.10. The Morgan fingerprint density at radius 1 is 1.54 bits per heavy atom. The van der Waals surface area contributed by atoms with Crippen molar-refractivity contribution in [2.75, 3.05) is 13.2 Å². The van der Waals surface area contributed by atoms with E-state index >= 15 is 0 Å². The normalized spacial score (nSPS) is 21.4. The van der Waals surface area contributed by atoms with Crippen molar-refractivity contribution in [3.8, 4) is 0 Å². The molecule has 1 aliphatic rings. The minimum Gasteiger partial charge on any atom is -0.386 e. The number of aromatic nitrogens is 1. The second-order valence-electron chi connectivity index (χ2n) is 5.45. The van der Waals surface area contributed by atoms with Gasteiger partial charge >= 0.3 is 0 Å². The second kappa shape index (κ2) is 8.03. The van der Waals surface area contributed by atoms with E-state index in [1.54, 1.807) is 36.6 Å². The maximum atomic E-state index is 12.1. The molecule has 1 atom stereocenters. The first-order valence-electron chi connectivity index (χ1n) is 7.29. The fourth-order valence-corrected chi connectivity index (χ4v) is 2.30. The van der Waals surface area contributed by atoms with Gasteiger partial charge in [0.1, 0.15) is 23.7 Å². The van der Waals surface area contributed by atoms with Gasteiger partial charge in [-0.3, -0.25) is 9.79 Å². The molecule has 0 aromatic carbocycles. The van der Waals surface area contributed by atoms with E-state index in [2.05, 4.69) is 37.8 Å². The minimum absolute atomic E-state index is 0.309. The number of nitrogens with one attached hydrogen (secondary N) is 1. The summed E-state index contributed by atoms with van der Waals surface area (Å²) in [5, 5.41) is 2.74. The lowest BCUT2D eigenvalue weighted by Gasteiger charge is -2.26. The number of nitrogens with two attached hydrogens (primary N) is 1. The summed E-state index contributed by atoms with van der Waals surface area (Å²) in [6.07, 6.45) is 8.51. The third kappa shape index (κ3) is 5.14. The van der Waals surface area contributed by atoms with Crippen LogP contribution >= 0.6 is 15.9 Å². The topological polar surface area (TPSA) is 89.6 Å². The van der Waals surface area contributed by atoms with Crippen LogP contribution in [-0.2, 0) is 4.74 Å². The molecule has 1 amide bonds. The quantitative estimate of drug-likeness (QED) is 0.754. The van der Waals surface area contributed by atoms with E-state index in [9.17, 15) is 4.79 Å². The first-order valence-corrected chi connectivity index (χ1v) is 8.08. The van der Waals surface area contributed by atoms with Crippen molar-refractivity contribution < 1.29 is 9.53 Å². The highest BCUT2D eigenvalue weighted by Gasteiger charge is 2.24. The highest BCUT2D eigenvalue weighted by atomic mass is 79.9. The third-order valence-electron chi connectivity index (χ3n) is 3.21. The molecule has 1 unspecified atom stereocenters. The van der Waals surface area contributed by atoms with Crippen LogP contribution in [0, 0.1) is 0 Å². The Kier molecular flexibility index (Phi) is 6.05. The molecule has 1 aliphatic heterocycles.